The highest BCUT2D eigenvalue weighted by Gasteiger charge is 2.39. The maximum Gasteiger partial charge on any atom is 0.408 e. The summed E-state index contributed by atoms with van der Waals surface area (Å²) in [6.07, 6.45) is -0.771. The number of hydrogen-bond acceptors (Lipinski definition) is 4. The van der Waals surface area contributed by atoms with Gasteiger partial charge in [0, 0.05) is 6.42 Å². The number of Topliss-reactive ketones (excluding diaryl/α,β-unsaturated/α-hetero) is 1. The molecule has 2 amide bonds. The van der Waals surface area contributed by atoms with E-state index in [0.717, 1.165) is 16.7 Å². The second-order valence-corrected chi connectivity index (χ2v) is 12.0. The zero-order valence-corrected chi connectivity index (χ0v) is 23.8. The Morgan fingerprint density at radius 3 is 1.46 bits per heavy atom. The van der Waals surface area contributed by atoms with E-state index in [2.05, 4.69) is 10.6 Å². The average Bonchev–Trinajstić information content (AvgIpc) is 2.86. The average molecular weight is 529 g/mol. The Balaban J connectivity index is 2.03. The highest BCUT2D eigenvalue weighted by molar-refractivity contribution is 5.93. The topological polar surface area (TPSA) is 84.5 Å². The van der Waals surface area contributed by atoms with Gasteiger partial charge in [-0.15, -0.1) is 0 Å². The first-order valence-corrected chi connectivity index (χ1v) is 13.3. The molecule has 3 rings (SSSR count). The number of rotatable bonds is 9. The lowest BCUT2D eigenvalue weighted by Crippen LogP contribution is -2.51. The summed E-state index contributed by atoms with van der Waals surface area (Å²) in [6.45, 7) is 11.1. The maximum atomic E-state index is 13.9. The van der Waals surface area contributed by atoms with Crippen LogP contribution in [0.2, 0.25) is 0 Å². The summed E-state index contributed by atoms with van der Waals surface area (Å²) < 4.78 is 5.40. The van der Waals surface area contributed by atoms with Gasteiger partial charge in [-0.05, 0) is 42.9 Å². The number of ketones is 1. The summed E-state index contributed by atoms with van der Waals surface area (Å²) in [5.41, 5.74) is 0.524. The van der Waals surface area contributed by atoms with E-state index in [4.69, 9.17) is 4.74 Å². The lowest BCUT2D eigenvalue weighted by atomic mass is 9.76. The Kier molecular flexibility index (Phi) is 9.33. The maximum absolute atomic E-state index is 13.9. The monoisotopic (exact) mass is 528 g/mol. The second kappa shape index (κ2) is 12.3. The van der Waals surface area contributed by atoms with E-state index in [-0.39, 0.29) is 29.9 Å². The van der Waals surface area contributed by atoms with E-state index in [1.807, 2.05) is 112 Å². The molecule has 0 fully saturated rings. The number of ether oxygens (including phenoxy) is 1. The molecular formula is C33H40N2O4. The highest BCUT2D eigenvalue weighted by Crippen LogP contribution is 2.37. The van der Waals surface area contributed by atoms with Crippen LogP contribution in [0.4, 0.5) is 4.79 Å². The molecule has 0 aliphatic heterocycles. The predicted octanol–water partition coefficient (Wildman–Crippen LogP) is 6.38. The third-order valence-electron chi connectivity index (χ3n) is 6.12. The third-order valence-corrected chi connectivity index (χ3v) is 6.12. The minimum absolute atomic E-state index is 0.196. The summed E-state index contributed by atoms with van der Waals surface area (Å²) in [4.78, 5) is 39.8. The lowest BCUT2D eigenvalue weighted by Gasteiger charge is -2.37. The van der Waals surface area contributed by atoms with Crippen LogP contribution in [0.5, 0.6) is 0 Å². The normalized spacial score (nSPS) is 12.8. The summed E-state index contributed by atoms with van der Waals surface area (Å²) in [6, 6.07) is 28.2. The number of alkyl carbamates (subject to hydrolysis) is 1. The quantitative estimate of drug-likeness (QED) is 0.316. The summed E-state index contributed by atoms with van der Waals surface area (Å²) in [7, 11) is 0. The van der Waals surface area contributed by atoms with Crippen molar-refractivity contribution in [1.82, 2.24) is 10.6 Å². The third kappa shape index (κ3) is 8.28. The number of hydrogen-bond donors (Lipinski definition) is 2. The first-order valence-electron chi connectivity index (χ1n) is 13.3. The van der Waals surface area contributed by atoms with Gasteiger partial charge < -0.3 is 15.4 Å². The van der Waals surface area contributed by atoms with E-state index in [0.29, 0.717) is 0 Å². The van der Waals surface area contributed by atoms with Crippen LogP contribution in [0.15, 0.2) is 91.0 Å². The second-order valence-electron chi connectivity index (χ2n) is 12.0. The van der Waals surface area contributed by atoms with Crippen LogP contribution in [-0.4, -0.2) is 29.4 Å². The van der Waals surface area contributed by atoms with Crippen molar-refractivity contribution in [3.05, 3.63) is 108 Å². The van der Waals surface area contributed by atoms with E-state index in [9.17, 15) is 14.4 Å². The predicted molar refractivity (Wildman–Crippen MR) is 154 cm³/mol. The van der Waals surface area contributed by atoms with Gasteiger partial charge in [0.05, 0.1) is 12.5 Å². The van der Waals surface area contributed by atoms with Gasteiger partial charge in [-0.25, -0.2) is 4.79 Å². The molecule has 0 radical (unpaired) electrons. The van der Waals surface area contributed by atoms with Crippen molar-refractivity contribution in [3.63, 3.8) is 0 Å². The van der Waals surface area contributed by atoms with Crippen LogP contribution in [0, 0.1) is 5.41 Å². The summed E-state index contributed by atoms with van der Waals surface area (Å²) >= 11 is 0. The molecule has 6 nitrogen and oxygen atoms in total. The molecule has 0 heterocycles. The Hall–Kier alpha value is -3.93. The molecule has 206 valence electrons. The van der Waals surface area contributed by atoms with Gasteiger partial charge in [0.1, 0.15) is 11.1 Å². The Morgan fingerprint density at radius 1 is 0.692 bits per heavy atom. The number of amides is 2. The molecule has 39 heavy (non-hydrogen) atoms. The van der Waals surface area contributed by atoms with Gasteiger partial charge in [-0.2, -0.15) is 0 Å². The van der Waals surface area contributed by atoms with Crippen LogP contribution in [0.25, 0.3) is 0 Å². The lowest BCUT2D eigenvalue weighted by molar-refractivity contribution is -0.128. The zero-order chi connectivity index (χ0) is 28.7. The fourth-order valence-corrected chi connectivity index (χ4v) is 4.57. The van der Waals surface area contributed by atoms with Crippen molar-refractivity contribution < 1.29 is 19.1 Å². The van der Waals surface area contributed by atoms with Crippen molar-refractivity contribution in [3.8, 4) is 0 Å². The van der Waals surface area contributed by atoms with Crippen LogP contribution >= 0.6 is 0 Å². The molecular weight excluding hydrogens is 488 g/mol. The molecule has 0 saturated heterocycles. The number of carbonyl (C=O) groups is 3. The smallest absolute Gasteiger partial charge is 0.408 e. The molecule has 0 aliphatic carbocycles. The van der Waals surface area contributed by atoms with E-state index in [1.54, 1.807) is 20.8 Å². The molecule has 3 aromatic carbocycles. The standard InChI is InChI=1S/C33H40N2O4/c1-31(2,3)23-28(36)27(34-30(38)39-32(4,5)6)22-29(37)35-33(24-16-10-7-11-17-24,25-18-12-8-13-19-25)26-20-14-9-15-21-26/h7-21,27H,22-23H2,1-6H3,(H,34,38)(H,35,37)/t27-/m1/s1. The highest BCUT2D eigenvalue weighted by atomic mass is 16.6. The molecule has 0 aromatic heterocycles. The van der Waals surface area contributed by atoms with Gasteiger partial charge in [0.25, 0.3) is 0 Å². The molecule has 3 aromatic rings. The van der Waals surface area contributed by atoms with Gasteiger partial charge in [-0.3, -0.25) is 9.59 Å². The SMILES string of the molecule is CC(C)(C)CC(=O)[C@@H](CC(=O)NC(c1ccccc1)(c1ccccc1)c1ccccc1)NC(=O)OC(C)(C)C. The molecule has 6 heteroatoms. The largest absolute Gasteiger partial charge is 0.444 e. The van der Waals surface area contributed by atoms with Crippen LogP contribution in [0.3, 0.4) is 0 Å². The summed E-state index contributed by atoms with van der Waals surface area (Å²) in [5, 5.41) is 5.93. The van der Waals surface area contributed by atoms with Crippen LogP contribution < -0.4 is 10.6 Å². The molecule has 2 N–H and O–H groups in total. The Bertz CT molecular complexity index is 1150. The number of nitrogens with one attached hydrogen (secondary N) is 2. The van der Waals surface area contributed by atoms with Crippen molar-refractivity contribution >= 4 is 17.8 Å². The fraction of sp³-hybridized carbons (Fsp3) is 0.364. The van der Waals surface area contributed by atoms with Gasteiger partial charge in [0.2, 0.25) is 5.91 Å². The van der Waals surface area contributed by atoms with Gasteiger partial charge >= 0.3 is 6.09 Å². The van der Waals surface area contributed by atoms with E-state index in [1.165, 1.54) is 0 Å². The van der Waals surface area contributed by atoms with Gasteiger partial charge in [-0.1, -0.05) is 112 Å². The van der Waals surface area contributed by atoms with Crippen molar-refractivity contribution in [2.75, 3.05) is 0 Å². The molecule has 0 spiro atoms. The fourth-order valence-electron chi connectivity index (χ4n) is 4.57. The first kappa shape index (κ1) is 29.6. The molecule has 0 bridgehead atoms. The van der Waals surface area contributed by atoms with E-state index < -0.39 is 23.3 Å². The first-order chi connectivity index (χ1) is 18.3. The minimum atomic E-state index is -1.04. The van der Waals surface area contributed by atoms with Crippen LogP contribution in [-0.2, 0) is 19.9 Å². The van der Waals surface area contributed by atoms with Crippen molar-refractivity contribution in [1.29, 1.82) is 0 Å². The molecule has 0 aliphatic rings. The van der Waals surface area contributed by atoms with Gasteiger partial charge in [0.15, 0.2) is 5.78 Å². The number of benzene rings is 3. The summed E-state index contributed by atoms with van der Waals surface area (Å²) in [5.74, 6) is -0.608. The van der Waals surface area contributed by atoms with Crippen LogP contribution in [0.1, 0.15) is 71.1 Å². The molecule has 0 unspecified atom stereocenters. The van der Waals surface area contributed by atoms with Crippen molar-refractivity contribution in [2.45, 2.75) is 71.6 Å². The Morgan fingerprint density at radius 2 is 1.10 bits per heavy atom. The zero-order valence-electron chi connectivity index (χ0n) is 23.8. The minimum Gasteiger partial charge on any atom is -0.444 e. The molecule has 0 saturated carbocycles. The molecule has 1 atom stereocenters. The number of carbonyl (C=O) groups excluding carboxylic acids is 3. The van der Waals surface area contributed by atoms with Crippen molar-refractivity contribution in [2.24, 2.45) is 5.41 Å². The van der Waals surface area contributed by atoms with E-state index >= 15 is 0 Å². The Labute approximate surface area is 232 Å².